The third kappa shape index (κ3) is 4.43. The van der Waals surface area contributed by atoms with Gasteiger partial charge in [0.2, 0.25) is 0 Å². The predicted molar refractivity (Wildman–Crippen MR) is 106 cm³/mol. The minimum atomic E-state index is -0.237. The molecule has 0 fully saturated rings. The van der Waals surface area contributed by atoms with E-state index < -0.39 is 0 Å². The van der Waals surface area contributed by atoms with Crippen LogP contribution in [0.3, 0.4) is 0 Å². The molecular formula is C21H23N3O4. The number of nitrogens with one attached hydrogen (secondary N) is 2. The molecule has 146 valence electrons. The Labute approximate surface area is 163 Å². The molecule has 7 nitrogen and oxygen atoms in total. The van der Waals surface area contributed by atoms with Crippen molar-refractivity contribution in [2.75, 3.05) is 20.8 Å². The van der Waals surface area contributed by atoms with Crippen molar-refractivity contribution in [3.63, 3.8) is 0 Å². The van der Waals surface area contributed by atoms with E-state index in [-0.39, 0.29) is 5.91 Å². The van der Waals surface area contributed by atoms with E-state index in [1.165, 1.54) is 0 Å². The van der Waals surface area contributed by atoms with Crippen molar-refractivity contribution in [3.8, 4) is 28.5 Å². The monoisotopic (exact) mass is 381 g/mol. The fourth-order valence-electron chi connectivity index (χ4n) is 2.74. The van der Waals surface area contributed by atoms with Gasteiger partial charge in [0.1, 0.15) is 11.4 Å². The van der Waals surface area contributed by atoms with Gasteiger partial charge >= 0.3 is 0 Å². The molecule has 1 amide bonds. The van der Waals surface area contributed by atoms with E-state index >= 15 is 0 Å². The lowest BCUT2D eigenvalue weighted by molar-refractivity contribution is 0.0946. The number of aromatic amines is 1. The van der Waals surface area contributed by atoms with Crippen LogP contribution in [0, 0.1) is 0 Å². The van der Waals surface area contributed by atoms with Gasteiger partial charge in [0.15, 0.2) is 11.5 Å². The van der Waals surface area contributed by atoms with Gasteiger partial charge < -0.3 is 19.5 Å². The molecule has 7 heteroatoms. The standard InChI is InChI=1S/C21H23N3O4/c1-4-28-16-8-6-15(7-9-16)17-12-18(24-23-17)21(25)22-13-14-5-10-19(26-2)20(11-14)27-3/h5-12H,4,13H2,1-3H3,(H,22,25)(H,23,24). The summed E-state index contributed by atoms with van der Waals surface area (Å²) < 4.78 is 15.9. The number of H-pyrrole nitrogens is 1. The van der Waals surface area contributed by atoms with Crippen molar-refractivity contribution < 1.29 is 19.0 Å². The first-order valence-corrected chi connectivity index (χ1v) is 8.92. The largest absolute Gasteiger partial charge is 0.494 e. The van der Waals surface area contributed by atoms with E-state index in [4.69, 9.17) is 14.2 Å². The van der Waals surface area contributed by atoms with Crippen LogP contribution in [0.2, 0.25) is 0 Å². The Kier molecular flexibility index (Phi) is 6.16. The zero-order valence-electron chi connectivity index (χ0n) is 16.1. The summed E-state index contributed by atoms with van der Waals surface area (Å²) in [5.41, 5.74) is 2.89. The zero-order chi connectivity index (χ0) is 19.9. The van der Waals surface area contributed by atoms with Crippen LogP contribution in [0.15, 0.2) is 48.5 Å². The van der Waals surface area contributed by atoms with Gasteiger partial charge in [-0.2, -0.15) is 5.10 Å². The molecule has 1 aromatic heterocycles. The van der Waals surface area contributed by atoms with E-state index in [0.29, 0.717) is 36.0 Å². The second kappa shape index (κ2) is 8.94. The number of hydrogen-bond donors (Lipinski definition) is 2. The van der Waals surface area contributed by atoms with Gasteiger partial charge in [0.25, 0.3) is 5.91 Å². The molecule has 28 heavy (non-hydrogen) atoms. The Bertz CT molecular complexity index is 935. The molecule has 0 bridgehead atoms. The van der Waals surface area contributed by atoms with Crippen LogP contribution in [0.5, 0.6) is 17.2 Å². The highest BCUT2D eigenvalue weighted by atomic mass is 16.5. The zero-order valence-corrected chi connectivity index (χ0v) is 16.1. The summed E-state index contributed by atoms with van der Waals surface area (Å²) in [5, 5.41) is 9.88. The van der Waals surface area contributed by atoms with E-state index in [1.54, 1.807) is 26.4 Å². The summed E-state index contributed by atoms with van der Waals surface area (Å²) in [7, 11) is 3.16. The Hall–Kier alpha value is -3.48. The molecule has 3 rings (SSSR count). The molecule has 1 heterocycles. The van der Waals surface area contributed by atoms with Crippen molar-refractivity contribution in [3.05, 3.63) is 59.8 Å². The van der Waals surface area contributed by atoms with Crippen LogP contribution in [-0.2, 0) is 6.54 Å². The maximum Gasteiger partial charge on any atom is 0.269 e. The first-order valence-electron chi connectivity index (χ1n) is 8.92. The smallest absolute Gasteiger partial charge is 0.269 e. The number of carbonyl (C=O) groups excluding carboxylic acids is 1. The van der Waals surface area contributed by atoms with Gasteiger partial charge in [-0.3, -0.25) is 9.89 Å². The molecule has 2 N–H and O–H groups in total. The first-order chi connectivity index (χ1) is 13.6. The second-order valence-corrected chi connectivity index (χ2v) is 6.00. The lowest BCUT2D eigenvalue weighted by Gasteiger charge is -2.10. The van der Waals surface area contributed by atoms with E-state index in [0.717, 1.165) is 16.9 Å². The van der Waals surface area contributed by atoms with Gasteiger partial charge in [0, 0.05) is 12.1 Å². The minimum Gasteiger partial charge on any atom is -0.494 e. The molecule has 3 aromatic rings. The van der Waals surface area contributed by atoms with Crippen LogP contribution >= 0.6 is 0 Å². The SMILES string of the molecule is CCOc1ccc(-c2cc(C(=O)NCc3ccc(OC)c(OC)c3)[nH]n2)cc1. The number of amides is 1. The lowest BCUT2D eigenvalue weighted by atomic mass is 10.1. The molecule has 0 aliphatic carbocycles. The lowest BCUT2D eigenvalue weighted by Crippen LogP contribution is -2.23. The quantitative estimate of drug-likeness (QED) is 0.624. The summed E-state index contributed by atoms with van der Waals surface area (Å²) in [6.07, 6.45) is 0. The van der Waals surface area contributed by atoms with Gasteiger partial charge in [-0.05, 0) is 55.0 Å². The first kappa shape index (κ1) is 19.3. The number of benzene rings is 2. The third-order valence-electron chi connectivity index (χ3n) is 4.18. The average Bonchev–Trinajstić information content (AvgIpc) is 3.23. The van der Waals surface area contributed by atoms with Crippen molar-refractivity contribution in [1.29, 1.82) is 0 Å². The molecule has 0 spiro atoms. The second-order valence-electron chi connectivity index (χ2n) is 6.00. The Balaban J connectivity index is 1.64. The fraction of sp³-hybridized carbons (Fsp3) is 0.238. The normalized spacial score (nSPS) is 10.4. The van der Waals surface area contributed by atoms with Crippen molar-refractivity contribution in [2.24, 2.45) is 0 Å². The van der Waals surface area contributed by atoms with Crippen molar-refractivity contribution in [2.45, 2.75) is 13.5 Å². The number of nitrogens with zero attached hydrogens (tertiary/aromatic N) is 1. The predicted octanol–water partition coefficient (Wildman–Crippen LogP) is 3.42. The topological polar surface area (TPSA) is 85.5 Å². The van der Waals surface area contributed by atoms with Gasteiger partial charge in [-0.25, -0.2) is 0 Å². The molecule has 0 unspecified atom stereocenters. The van der Waals surface area contributed by atoms with E-state index in [1.807, 2.05) is 43.3 Å². The molecule has 0 aliphatic rings. The van der Waals surface area contributed by atoms with E-state index in [2.05, 4.69) is 15.5 Å². The molecule has 2 aromatic carbocycles. The van der Waals surface area contributed by atoms with Gasteiger partial charge in [-0.15, -0.1) is 0 Å². The van der Waals surface area contributed by atoms with Crippen LogP contribution in [-0.4, -0.2) is 36.9 Å². The van der Waals surface area contributed by atoms with Gasteiger partial charge in [-0.1, -0.05) is 6.07 Å². The average molecular weight is 381 g/mol. The van der Waals surface area contributed by atoms with Crippen LogP contribution < -0.4 is 19.5 Å². The van der Waals surface area contributed by atoms with E-state index in [9.17, 15) is 4.79 Å². The maximum absolute atomic E-state index is 12.4. The summed E-state index contributed by atoms with van der Waals surface area (Å²) in [6, 6.07) is 14.8. The number of methoxy groups -OCH3 is 2. The van der Waals surface area contributed by atoms with Crippen LogP contribution in [0.25, 0.3) is 11.3 Å². The molecule has 0 radical (unpaired) electrons. The summed E-state index contributed by atoms with van der Waals surface area (Å²) in [4.78, 5) is 12.4. The number of aromatic nitrogens is 2. The van der Waals surface area contributed by atoms with Crippen molar-refractivity contribution >= 4 is 5.91 Å². The van der Waals surface area contributed by atoms with Crippen LogP contribution in [0.1, 0.15) is 23.0 Å². The van der Waals surface area contributed by atoms with Crippen LogP contribution in [0.4, 0.5) is 0 Å². The third-order valence-corrected chi connectivity index (χ3v) is 4.18. The van der Waals surface area contributed by atoms with Crippen molar-refractivity contribution in [1.82, 2.24) is 15.5 Å². The maximum atomic E-state index is 12.4. The number of rotatable bonds is 8. The number of ether oxygens (including phenoxy) is 3. The number of hydrogen-bond acceptors (Lipinski definition) is 5. The number of carbonyl (C=O) groups is 1. The molecule has 0 saturated carbocycles. The highest BCUT2D eigenvalue weighted by Crippen LogP contribution is 2.27. The summed E-state index contributed by atoms with van der Waals surface area (Å²) >= 11 is 0. The molecule has 0 saturated heterocycles. The molecule has 0 atom stereocenters. The summed E-state index contributed by atoms with van der Waals surface area (Å²) in [6.45, 7) is 2.91. The molecular weight excluding hydrogens is 358 g/mol. The highest BCUT2D eigenvalue weighted by Gasteiger charge is 2.12. The Morgan fingerprint density at radius 1 is 1.04 bits per heavy atom. The summed E-state index contributed by atoms with van der Waals surface area (Å²) in [5.74, 6) is 1.83. The Morgan fingerprint density at radius 3 is 2.46 bits per heavy atom. The Morgan fingerprint density at radius 2 is 1.79 bits per heavy atom. The molecule has 0 aliphatic heterocycles. The fourth-order valence-corrected chi connectivity index (χ4v) is 2.74. The van der Waals surface area contributed by atoms with Gasteiger partial charge in [0.05, 0.1) is 26.5 Å². The highest BCUT2D eigenvalue weighted by molar-refractivity contribution is 5.93. The minimum absolute atomic E-state index is 0.237.